The Kier molecular flexibility index (Phi) is 23.4. The highest BCUT2D eigenvalue weighted by Crippen LogP contribution is 2.19. The maximum atomic E-state index is 14.5. The summed E-state index contributed by atoms with van der Waals surface area (Å²) in [5.41, 5.74) is 28.9. The van der Waals surface area contributed by atoms with E-state index in [2.05, 4.69) is 41.9 Å². The number of carboxylic acids is 1. The minimum atomic E-state index is -1.34. The molecule has 0 radical (unpaired) electrons. The quantitative estimate of drug-likeness (QED) is 0.0240. The predicted octanol–water partition coefficient (Wildman–Crippen LogP) is -2.41. The van der Waals surface area contributed by atoms with Gasteiger partial charge in [-0.15, -0.1) is 0 Å². The zero-order valence-electron chi connectivity index (χ0n) is 39.5. The molecular weight excluding hydrogens is 893 g/mol. The van der Waals surface area contributed by atoms with Gasteiger partial charge >= 0.3 is 5.97 Å². The molecule has 0 spiro atoms. The van der Waals surface area contributed by atoms with Crippen LogP contribution in [0.2, 0.25) is 0 Å². The topological polar surface area (TPSA) is 387 Å². The van der Waals surface area contributed by atoms with Crippen LogP contribution in [0.3, 0.4) is 0 Å². The highest BCUT2D eigenvalue weighted by atomic mass is 16.4. The van der Waals surface area contributed by atoms with Crippen molar-refractivity contribution >= 4 is 59.2 Å². The average Bonchev–Trinajstić information content (AvgIpc) is 3.82. The molecule has 0 saturated carbocycles. The van der Waals surface area contributed by atoms with E-state index in [0.29, 0.717) is 24.0 Å². The van der Waals surface area contributed by atoms with E-state index in [9.17, 15) is 43.5 Å². The highest BCUT2D eigenvalue weighted by Gasteiger charge is 2.38. The van der Waals surface area contributed by atoms with Gasteiger partial charge in [0, 0.05) is 32.5 Å². The number of carboxylic acid groups (broad SMARTS) is 1. The molecule has 0 aliphatic carbocycles. The molecule has 1 aliphatic heterocycles. The van der Waals surface area contributed by atoms with Gasteiger partial charge in [0.1, 0.15) is 36.3 Å². The third kappa shape index (κ3) is 19.4. The summed E-state index contributed by atoms with van der Waals surface area (Å²) in [7, 11) is 0. The average molecular weight is 963 g/mol. The molecule has 1 saturated heterocycles. The zero-order chi connectivity index (χ0) is 51.0. The van der Waals surface area contributed by atoms with E-state index in [1.165, 1.54) is 11.8 Å². The molecule has 1 aliphatic rings. The normalized spacial score (nSPS) is 16.1. The molecule has 23 nitrogen and oxygen atoms in total. The van der Waals surface area contributed by atoms with Gasteiger partial charge in [-0.1, -0.05) is 80.9 Å². The predicted molar refractivity (Wildman–Crippen MR) is 258 cm³/mol. The van der Waals surface area contributed by atoms with Crippen molar-refractivity contribution in [2.75, 3.05) is 26.2 Å². The van der Waals surface area contributed by atoms with Crippen LogP contribution in [0.25, 0.3) is 0 Å². The molecule has 0 unspecified atom stereocenters. The summed E-state index contributed by atoms with van der Waals surface area (Å²) < 4.78 is 0. The second kappa shape index (κ2) is 28.8. The van der Waals surface area contributed by atoms with Crippen LogP contribution in [-0.2, 0) is 51.2 Å². The number of hydrogen-bond acceptors (Lipinski definition) is 11. The van der Waals surface area contributed by atoms with Crippen molar-refractivity contribution in [3.05, 3.63) is 71.8 Å². The van der Waals surface area contributed by atoms with E-state index < -0.39 is 95.5 Å². The molecule has 1 heterocycles. The Morgan fingerprint density at radius 1 is 0.667 bits per heavy atom. The number of hydrogen-bond donors (Lipinski definition) is 12. The minimum Gasteiger partial charge on any atom is -0.480 e. The molecule has 7 amide bonds. The monoisotopic (exact) mass is 963 g/mol. The number of rotatable bonds is 28. The molecule has 1 fully saturated rings. The summed E-state index contributed by atoms with van der Waals surface area (Å²) in [5.74, 6) is -6.92. The van der Waals surface area contributed by atoms with E-state index in [4.69, 9.17) is 28.7 Å². The molecule has 3 rings (SSSR count). The van der Waals surface area contributed by atoms with E-state index in [1.54, 1.807) is 74.5 Å². The number of benzene rings is 2. The Bertz CT molecular complexity index is 2100. The fraction of sp³-hybridized carbons (Fsp3) is 0.522. The lowest BCUT2D eigenvalue weighted by atomic mass is 9.96. The zero-order valence-corrected chi connectivity index (χ0v) is 39.5. The van der Waals surface area contributed by atoms with E-state index >= 15 is 0 Å². The molecule has 8 atom stereocenters. The molecule has 2 aromatic rings. The number of carbonyl (C=O) groups is 8. The summed E-state index contributed by atoms with van der Waals surface area (Å²) in [4.78, 5) is 117. The van der Waals surface area contributed by atoms with Gasteiger partial charge in [0.05, 0.1) is 12.6 Å². The van der Waals surface area contributed by atoms with Crippen molar-refractivity contribution in [1.82, 2.24) is 36.8 Å². The maximum Gasteiger partial charge on any atom is 0.326 e. The number of nitrogens with two attached hydrogens (primary N) is 5. The van der Waals surface area contributed by atoms with Crippen molar-refractivity contribution < 1.29 is 43.5 Å². The number of amides is 7. The first-order chi connectivity index (χ1) is 32.8. The fourth-order valence-electron chi connectivity index (χ4n) is 7.45. The van der Waals surface area contributed by atoms with E-state index in [0.717, 1.165) is 0 Å². The van der Waals surface area contributed by atoms with Crippen LogP contribution in [0.5, 0.6) is 0 Å². The Morgan fingerprint density at radius 3 is 1.64 bits per heavy atom. The van der Waals surface area contributed by atoms with E-state index in [1.807, 2.05) is 0 Å². The van der Waals surface area contributed by atoms with Gasteiger partial charge in [0.25, 0.3) is 0 Å². The van der Waals surface area contributed by atoms with Crippen LogP contribution in [0.15, 0.2) is 70.6 Å². The number of carbonyl (C=O) groups excluding carboxylic acids is 7. The summed E-state index contributed by atoms with van der Waals surface area (Å²) in [6.07, 6.45) is 1.51. The molecule has 2 aromatic carbocycles. The number of nitrogens with one attached hydrogen (secondary N) is 6. The van der Waals surface area contributed by atoms with Gasteiger partial charge in [0.2, 0.25) is 41.4 Å². The number of aliphatic carboxylic acids is 1. The number of aliphatic imine (C=N–C) groups is 2. The van der Waals surface area contributed by atoms with Crippen molar-refractivity contribution in [1.29, 1.82) is 0 Å². The van der Waals surface area contributed by atoms with Gasteiger partial charge in [-0.3, -0.25) is 43.5 Å². The van der Waals surface area contributed by atoms with Gasteiger partial charge in [-0.25, -0.2) is 4.79 Å². The Labute approximate surface area is 402 Å². The van der Waals surface area contributed by atoms with Crippen LogP contribution in [0, 0.1) is 5.92 Å². The number of likely N-dealkylation sites (tertiary alicyclic amines) is 1. The first kappa shape index (κ1) is 56.0. The lowest BCUT2D eigenvalue weighted by molar-refractivity contribution is -0.142. The molecule has 17 N–H and O–H groups in total. The number of guanidine groups is 2. The second-order valence-electron chi connectivity index (χ2n) is 17.0. The summed E-state index contributed by atoms with van der Waals surface area (Å²) >= 11 is 0. The van der Waals surface area contributed by atoms with Crippen LogP contribution in [0.4, 0.5) is 0 Å². The molecule has 0 aromatic heterocycles. The fourth-order valence-corrected chi connectivity index (χ4v) is 7.45. The highest BCUT2D eigenvalue weighted by molar-refractivity contribution is 5.97. The Balaban J connectivity index is 1.90. The second-order valence-corrected chi connectivity index (χ2v) is 17.0. The SMILES string of the molecule is CC[C@H](C)[C@H](NC(=O)[C@H](Cc1ccccc1)NC(=O)[C@H](CCCN=C(N)N)NC(=O)[C@@H]1CCCN1C(=O)CNC(=O)[C@H](C)N)C(=O)N[C@@H](CCCN=C(N)N)C(=O)N[C@@H](Cc1ccccc1)C(=O)O. The van der Waals surface area contributed by atoms with Gasteiger partial charge in [-0.2, -0.15) is 0 Å². The third-order valence-corrected chi connectivity index (χ3v) is 11.5. The molecular formula is C46H70N14O9. The van der Waals surface area contributed by atoms with Crippen LogP contribution < -0.4 is 60.6 Å². The van der Waals surface area contributed by atoms with Crippen LogP contribution in [0.1, 0.15) is 76.8 Å². The maximum absolute atomic E-state index is 14.5. The Hall–Kier alpha value is -7.30. The molecule has 69 heavy (non-hydrogen) atoms. The summed E-state index contributed by atoms with van der Waals surface area (Å²) in [5, 5.41) is 26.0. The standard InChI is InChI=1S/C46H70N14O9/c1-4-27(2)37(43(67)56-32(19-12-22-53-46(50)51)40(64)58-34(44(68)69)25-30-16-9-6-10-17-30)59-41(65)33(24-29-14-7-5-8-15-29)57-39(63)31(18-11-21-52-45(48)49)55-42(66)35-20-13-23-60(35)36(61)26-54-38(62)28(3)47/h5-10,14-17,27-28,31-35,37H,4,11-13,18-26,47H2,1-3H3,(H,54,62)(H,55,66)(H,56,67)(H,57,63)(H,58,64)(H,59,65)(H,68,69)(H4,48,49,52)(H4,50,51,53)/t27-,28-,31-,32-,33-,34-,35-,37-/m0/s1. The summed E-state index contributed by atoms with van der Waals surface area (Å²) in [6.45, 7) is 5.03. The lowest BCUT2D eigenvalue weighted by Crippen LogP contribution is -2.61. The smallest absolute Gasteiger partial charge is 0.326 e. The first-order valence-electron chi connectivity index (χ1n) is 23.1. The van der Waals surface area contributed by atoms with Crippen LogP contribution in [-0.4, -0.2) is 138 Å². The van der Waals surface area contributed by atoms with Crippen LogP contribution >= 0.6 is 0 Å². The molecule has 378 valence electrons. The first-order valence-corrected chi connectivity index (χ1v) is 23.1. The van der Waals surface area contributed by atoms with E-state index in [-0.39, 0.29) is 83.0 Å². The Morgan fingerprint density at radius 2 is 1.14 bits per heavy atom. The molecule has 23 heteroatoms. The van der Waals surface area contributed by atoms with Crippen molar-refractivity contribution in [2.24, 2.45) is 44.6 Å². The largest absolute Gasteiger partial charge is 0.480 e. The third-order valence-electron chi connectivity index (χ3n) is 11.5. The van der Waals surface area contributed by atoms with Crippen molar-refractivity contribution in [2.45, 2.75) is 121 Å². The van der Waals surface area contributed by atoms with Gasteiger partial charge in [0.15, 0.2) is 11.9 Å². The van der Waals surface area contributed by atoms with Crippen molar-refractivity contribution in [3.63, 3.8) is 0 Å². The minimum absolute atomic E-state index is 0.00686. The molecule has 0 bridgehead atoms. The lowest BCUT2D eigenvalue weighted by Gasteiger charge is -2.30. The van der Waals surface area contributed by atoms with Gasteiger partial charge < -0.3 is 70.6 Å². The summed E-state index contributed by atoms with van der Waals surface area (Å²) in [6, 6.07) is 9.18. The van der Waals surface area contributed by atoms with Crippen molar-refractivity contribution in [3.8, 4) is 0 Å². The number of nitrogens with zero attached hydrogens (tertiary/aromatic N) is 3. The van der Waals surface area contributed by atoms with Gasteiger partial charge in [-0.05, 0) is 62.5 Å².